The molecule has 0 bridgehead atoms. The zero-order chi connectivity index (χ0) is 12.5. The summed E-state index contributed by atoms with van der Waals surface area (Å²) >= 11 is 0. The highest BCUT2D eigenvalue weighted by atomic mass is 32.2. The molecule has 7 heteroatoms. The molecule has 1 fully saturated rings. The second-order valence-electron chi connectivity index (χ2n) is 4.76. The van der Waals surface area contributed by atoms with Crippen LogP contribution in [0, 0.1) is 5.92 Å². The monoisotopic (exact) mass is 259 g/mol. The zero-order valence-electron chi connectivity index (χ0n) is 9.80. The lowest BCUT2D eigenvalue weighted by Crippen LogP contribution is -2.18. The van der Waals surface area contributed by atoms with E-state index in [0.29, 0.717) is 31.0 Å². The van der Waals surface area contributed by atoms with Crippen LogP contribution in [0.4, 0.5) is 0 Å². The minimum Gasteiger partial charge on any atom is -0.339 e. The first-order valence-corrected chi connectivity index (χ1v) is 7.54. The number of rotatable bonds is 4. The number of nitrogens with zero attached hydrogens (tertiary/aromatic N) is 2. The molecular formula is C10H17N3O3S. The fraction of sp³-hybridized carbons (Fsp3) is 0.800. The van der Waals surface area contributed by atoms with E-state index in [9.17, 15) is 8.42 Å². The van der Waals surface area contributed by atoms with E-state index < -0.39 is 9.84 Å². The van der Waals surface area contributed by atoms with Gasteiger partial charge in [-0.1, -0.05) is 5.16 Å². The van der Waals surface area contributed by atoms with Gasteiger partial charge >= 0.3 is 0 Å². The third kappa shape index (κ3) is 3.50. The van der Waals surface area contributed by atoms with Crippen LogP contribution in [0.2, 0.25) is 0 Å². The first kappa shape index (κ1) is 12.5. The van der Waals surface area contributed by atoms with E-state index in [1.165, 1.54) is 0 Å². The van der Waals surface area contributed by atoms with Crippen molar-refractivity contribution in [2.75, 3.05) is 11.5 Å². The summed E-state index contributed by atoms with van der Waals surface area (Å²) in [6.45, 7) is 1.87. The highest BCUT2D eigenvalue weighted by molar-refractivity contribution is 7.91. The molecule has 96 valence electrons. The van der Waals surface area contributed by atoms with Crippen molar-refractivity contribution >= 4 is 9.84 Å². The normalized spacial score (nSPS) is 24.9. The van der Waals surface area contributed by atoms with Gasteiger partial charge in [0.05, 0.1) is 11.5 Å². The Morgan fingerprint density at radius 3 is 2.94 bits per heavy atom. The summed E-state index contributed by atoms with van der Waals surface area (Å²) in [7, 11) is -2.83. The van der Waals surface area contributed by atoms with Crippen molar-refractivity contribution in [2.24, 2.45) is 11.7 Å². The van der Waals surface area contributed by atoms with Gasteiger partial charge in [-0.25, -0.2) is 8.42 Å². The van der Waals surface area contributed by atoms with Crippen molar-refractivity contribution in [3.63, 3.8) is 0 Å². The van der Waals surface area contributed by atoms with Crippen LogP contribution in [0.5, 0.6) is 0 Å². The number of nitrogens with two attached hydrogens (primary N) is 1. The van der Waals surface area contributed by atoms with E-state index >= 15 is 0 Å². The Balaban J connectivity index is 1.93. The largest absolute Gasteiger partial charge is 0.339 e. The summed E-state index contributed by atoms with van der Waals surface area (Å²) in [4.78, 5) is 4.21. The van der Waals surface area contributed by atoms with Gasteiger partial charge in [0.2, 0.25) is 5.89 Å². The first-order chi connectivity index (χ1) is 7.94. The molecule has 1 aliphatic heterocycles. The fourth-order valence-corrected chi connectivity index (χ4v) is 3.88. The van der Waals surface area contributed by atoms with Crippen molar-refractivity contribution in [1.82, 2.24) is 10.1 Å². The smallest absolute Gasteiger partial charge is 0.228 e. The molecule has 0 saturated carbocycles. The molecule has 0 spiro atoms. The zero-order valence-corrected chi connectivity index (χ0v) is 10.6. The molecule has 1 aromatic heterocycles. The molecule has 2 heterocycles. The number of sulfone groups is 1. The van der Waals surface area contributed by atoms with Crippen LogP contribution in [0.3, 0.4) is 0 Å². The Kier molecular flexibility index (Phi) is 3.48. The van der Waals surface area contributed by atoms with Crippen molar-refractivity contribution in [2.45, 2.75) is 32.2 Å². The Bertz CT molecular complexity index is 481. The predicted molar refractivity (Wildman–Crippen MR) is 62.1 cm³/mol. The molecule has 2 unspecified atom stereocenters. The fourth-order valence-electron chi connectivity index (χ4n) is 2.02. The van der Waals surface area contributed by atoms with Gasteiger partial charge in [0.25, 0.3) is 0 Å². The maximum Gasteiger partial charge on any atom is 0.228 e. The van der Waals surface area contributed by atoms with Gasteiger partial charge in [0.1, 0.15) is 0 Å². The van der Waals surface area contributed by atoms with E-state index in [0.717, 1.165) is 0 Å². The second-order valence-corrected chi connectivity index (χ2v) is 6.99. The van der Waals surface area contributed by atoms with Crippen LogP contribution >= 0.6 is 0 Å². The third-order valence-corrected chi connectivity index (χ3v) is 4.64. The number of hydrogen-bond acceptors (Lipinski definition) is 6. The summed E-state index contributed by atoms with van der Waals surface area (Å²) in [5.41, 5.74) is 5.63. The van der Waals surface area contributed by atoms with E-state index in [-0.39, 0.29) is 23.5 Å². The summed E-state index contributed by atoms with van der Waals surface area (Å²) in [5, 5.41) is 3.84. The highest BCUT2D eigenvalue weighted by Crippen LogP contribution is 2.21. The summed E-state index contributed by atoms with van der Waals surface area (Å²) < 4.78 is 27.6. The van der Waals surface area contributed by atoms with E-state index in [4.69, 9.17) is 10.3 Å². The lowest BCUT2D eigenvalue weighted by Gasteiger charge is -2.01. The molecule has 17 heavy (non-hydrogen) atoms. The average Bonchev–Trinajstić information content (AvgIpc) is 2.73. The van der Waals surface area contributed by atoms with Gasteiger partial charge in [-0.15, -0.1) is 0 Å². The SMILES string of the molecule is CC(N)Cc1nc(CC2CCS(=O)(=O)C2)no1. The molecule has 6 nitrogen and oxygen atoms in total. The topological polar surface area (TPSA) is 99.1 Å². The number of hydrogen-bond donors (Lipinski definition) is 1. The molecule has 2 N–H and O–H groups in total. The van der Waals surface area contributed by atoms with E-state index in [2.05, 4.69) is 10.1 Å². The van der Waals surface area contributed by atoms with Gasteiger partial charge in [-0.05, 0) is 19.3 Å². The molecule has 0 radical (unpaired) electrons. The average molecular weight is 259 g/mol. The van der Waals surface area contributed by atoms with Gasteiger partial charge in [-0.3, -0.25) is 0 Å². The molecular weight excluding hydrogens is 242 g/mol. The first-order valence-electron chi connectivity index (χ1n) is 5.72. The van der Waals surface area contributed by atoms with Crippen molar-refractivity contribution in [1.29, 1.82) is 0 Å². The molecule has 0 aliphatic carbocycles. The standard InChI is InChI=1S/C10H17N3O3S/c1-7(11)4-10-12-9(13-16-10)5-8-2-3-17(14,15)6-8/h7-8H,2-6,11H2,1H3. The summed E-state index contributed by atoms with van der Waals surface area (Å²) in [5.74, 6) is 1.76. The molecule has 2 atom stereocenters. The molecule has 1 aromatic rings. The van der Waals surface area contributed by atoms with E-state index in [1.54, 1.807) is 0 Å². The molecule has 2 rings (SSSR count). The van der Waals surface area contributed by atoms with E-state index in [1.807, 2.05) is 6.92 Å². The van der Waals surface area contributed by atoms with Crippen molar-refractivity contribution < 1.29 is 12.9 Å². The Morgan fingerprint density at radius 1 is 1.59 bits per heavy atom. The highest BCUT2D eigenvalue weighted by Gasteiger charge is 2.29. The van der Waals surface area contributed by atoms with Gasteiger partial charge < -0.3 is 10.3 Å². The molecule has 0 amide bonds. The van der Waals surface area contributed by atoms with Gasteiger partial charge in [0, 0.05) is 18.9 Å². The minimum atomic E-state index is -2.83. The van der Waals surface area contributed by atoms with Gasteiger partial charge in [0.15, 0.2) is 15.7 Å². The molecule has 0 aromatic carbocycles. The lowest BCUT2D eigenvalue weighted by atomic mass is 10.1. The Hall–Kier alpha value is -0.950. The van der Waals surface area contributed by atoms with Crippen LogP contribution in [-0.4, -0.2) is 36.1 Å². The van der Waals surface area contributed by atoms with Crippen molar-refractivity contribution in [3.05, 3.63) is 11.7 Å². The van der Waals surface area contributed by atoms with Crippen LogP contribution in [0.15, 0.2) is 4.52 Å². The second kappa shape index (κ2) is 4.73. The maximum atomic E-state index is 11.3. The van der Waals surface area contributed by atoms with Crippen LogP contribution < -0.4 is 5.73 Å². The quantitative estimate of drug-likeness (QED) is 0.813. The van der Waals surface area contributed by atoms with Crippen LogP contribution in [-0.2, 0) is 22.7 Å². The van der Waals surface area contributed by atoms with Gasteiger partial charge in [-0.2, -0.15) is 4.98 Å². The lowest BCUT2D eigenvalue weighted by molar-refractivity contribution is 0.364. The number of aromatic nitrogens is 2. The molecule has 1 saturated heterocycles. The summed E-state index contributed by atoms with van der Waals surface area (Å²) in [6.07, 6.45) is 1.82. The Morgan fingerprint density at radius 2 is 2.35 bits per heavy atom. The van der Waals surface area contributed by atoms with Crippen LogP contribution in [0.1, 0.15) is 25.1 Å². The van der Waals surface area contributed by atoms with Crippen molar-refractivity contribution in [3.8, 4) is 0 Å². The maximum absolute atomic E-state index is 11.3. The minimum absolute atomic E-state index is 0.0184. The predicted octanol–water partition coefficient (Wildman–Crippen LogP) is -0.0635. The summed E-state index contributed by atoms with van der Waals surface area (Å²) in [6, 6.07) is -0.0184. The van der Waals surface area contributed by atoms with Crippen LogP contribution in [0.25, 0.3) is 0 Å². The third-order valence-electron chi connectivity index (χ3n) is 2.80. The molecule has 1 aliphatic rings. The Labute approximate surface area is 100 Å².